The van der Waals surface area contributed by atoms with E-state index in [-0.39, 0.29) is 26.6 Å². The topological polar surface area (TPSA) is 65.5 Å². The minimum absolute atomic E-state index is 0.0464. The summed E-state index contributed by atoms with van der Waals surface area (Å²) in [5.74, 6) is -0.348. The molecule has 2 rings (SSSR count). The SMILES string of the molecule is COc1cc(C=O)ccc1OC(=O)c1nsc(Cl)c1Cl. The highest BCUT2D eigenvalue weighted by Gasteiger charge is 2.21. The van der Waals surface area contributed by atoms with E-state index in [1.807, 2.05) is 0 Å². The average molecular weight is 332 g/mol. The predicted molar refractivity (Wildman–Crippen MR) is 75.5 cm³/mol. The van der Waals surface area contributed by atoms with Crippen LogP contribution in [0.25, 0.3) is 0 Å². The van der Waals surface area contributed by atoms with E-state index in [9.17, 15) is 9.59 Å². The van der Waals surface area contributed by atoms with Gasteiger partial charge in [0.15, 0.2) is 17.2 Å². The van der Waals surface area contributed by atoms with E-state index >= 15 is 0 Å². The van der Waals surface area contributed by atoms with Crippen molar-refractivity contribution in [1.82, 2.24) is 4.37 Å². The third-order valence-corrected chi connectivity index (χ3v) is 3.93. The molecule has 0 aliphatic carbocycles. The molecule has 20 heavy (non-hydrogen) atoms. The maximum absolute atomic E-state index is 11.9. The van der Waals surface area contributed by atoms with Gasteiger partial charge in [-0.1, -0.05) is 23.2 Å². The van der Waals surface area contributed by atoms with Gasteiger partial charge in [0, 0.05) is 5.56 Å². The molecule has 1 aromatic heterocycles. The molecule has 0 bridgehead atoms. The maximum Gasteiger partial charge on any atom is 0.365 e. The number of benzene rings is 1. The number of methoxy groups -OCH3 is 1. The Bertz CT molecular complexity index is 671. The lowest BCUT2D eigenvalue weighted by Gasteiger charge is -2.08. The molecule has 5 nitrogen and oxygen atoms in total. The van der Waals surface area contributed by atoms with Crippen LogP contribution in [0.4, 0.5) is 0 Å². The molecule has 104 valence electrons. The Hall–Kier alpha value is -1.63. The van der Waals surface area contributed by atoms with E-state index in [0.29, 0.717) is 11.8 Å². The third kappa shape index (κ3) is 2.92. The van der Waals surface area contributed by atoms with Gasteiger partial charge in [-0.25, -0.2) is 4.79 Å². The molecule has 0 saturated carbocycles. The highest BCUT2D eigenvalue weighted by molar-refractivity contribution is 7.11. The van der Waals surface area contributed by atoms with Gasteiger partial charge in [-0.3, -0.25) is 4.79 Å². The Balaban J connectivity index is 2.28. The summed E-state index contributed by atoms with van der Waals surface area (Å²) in [6.45, 7) is 0. The first-order valence-corrected chi connectivity index (χ1v) is 6.75. The van der Waals surface area contributed by atoms with E-state index in [1.54, 1.807) is 0 Å². The number of hydrogen-bond acceptors (Lipinski definition) is 6. The Kier molecular flexibility index (Phi) is 4.59. The molecule has 0 atom stereocenters. The van der Waals surface area contributed by atoms with Crippen LogP contribution in [0.3, 0.4) is 0 Å². The third-order valence-electron chi connectivity index (χ3n) is 2.32. The fourth-order valence-corrected chi connectivity index (χ4v) is 2.36. The van der Waals surface area contributed by atoms with Crippen LogP contribution < -0.4 is 9.47 Å². The molecule has 0 unspecified atom stereocenters. The Morgan fingerprint density at radius 2 is 2.10 bits per heavy atom. The maximum atomic E-state index is 11.9. The summed E-state index contributed by atoms with van der Waals surface area (Å²) >= 11 is 12.4. The monoisotopic (exact) mass is 331 g/mol. The molecule has 1 aromatic carbocycles. The van der Waals surface area contributed by atoms with Gasteiger partial charge < -0.3 is 9.47 Å². The number of ether oxygens (including phenoxy) is 2. The van der Waals surface area contributed by atoms with Crippen molar-refractivity contribution >= 4 is 47.0 Å². The first kappa shape index (κ1) is 14.8. The summed E-state index contributed by atoms with van der Waals surface area (Å²) in [7, 11) is 1.40. The minimum atomic E-state index is -0.754. The lowest BCUT2D eigenvalue weighted by molar-refractivity contribution is 0.0725. The molecule has 0 N–H and O–H groups in total. The van der Waals surface area contributed by atoms with Crippen molar-refractivity contribution in [3.05, 3.63) is 38.8 Å². The van der Waals surface area contributed by atoms with Crippen LogP contribution >= 0.6 is 34.7 Å². The molecule has 0 aliphatic heterocycles. The first-order chi connectivity index (χ1) is 9.56. The van der Waals surface area contributed by atoms with E-state index in [0.717, 1.165) is 11.5 Å². The van der Waals surface area contributed by atoms with Crippen LogP contribution in [0.5, 0.6) is 11.5 Å². The van der Waals surface area contributed by atoms with Crippen LogP contribution in [0.1, 0.15) is 20.8 Å². The highest BCUT2D eigenvalue weighted by atomic mass is 35.5. The number of halogens is 2. The molecule has 0 fully saturated rings. The molecule has 0 saturated heterocycles. The van der Waals surface area contributed by atoms with Gasteiger partial charge in [-0.2, -0.15) is 4.37 Å². The van der Waals surface area contributed by atoms with E-state index in [2.05, 4.69) is 4.37 Å². The van der Waals surface area contributed by atoms with Crippen LogP contribution in [0.15, 0.2) is 18.2 Å². The Morgan fingerprint density at radius 1 is 1.35 bits per heavy atom. The summed E-state index contributed by atoms with van der Waals surface area (Å²) < 4.78 is 14.2. The second-order valence-corrected chi connectivity index (χ2v) is 5.29. The molecule has 0 aliphatic rings. The van der Waals surface area contributed by atoms with E-state index in [4.69, 9.17) is 32.7 Å². The van der Waals surface area contributed by atoms with Gasteiger partial charge in [0.1, 0.15) is 15.6 Å². The van der Waals surface area contributed by atoms with Crippen molar-refractivity contribution in [3.8, 4) is 11.5 Å². The van der Waals surface area contributed by atoms with E-state index in [1.165, 1.54) is 25.3 Å². The fourth-order valence-electron chi connectivity index (χ4n) is 1.38. The molecule has 2 aromatic rings. The Labute approximate surface area is 128 Å². The van der Waals surface area contributed by atoms with Crippen molar-refractivity contribution in [3.63, 3.8) is 0 Å². The highest BCUT2D eigenvalue weighted by Crippen LogP contribution is 2.32. The standard InChI is InChI=1S/C12H7Cl2NO4S/c1-18-8-4-6(5-16)2-3-7(8)19-12(17)10-9(13)11(14)20-15-10/h2-5H,1H3. The second kappa shape index (κ2) is 6.21. The summed E-state index contributed by atoms with van der Waals surface area (Å²) in [6.07, 6.45) is 0.658. The number of rotatable bonds is 4. The minimum Gasteiger partial charge on any atom is -0.493 e. The normalized spacial score (nSPS) is 10.2. The zero-order chi connectivity index (χ0) is 14.7. The van der Waals surface area contributed by atoms with Gasteiger partial charge >= 0.3 is 5.97 Å². The predicted octanol–water partition coefficient (Wildman–Crippen LogP) is 3.49. The smallest absolute Gasteiger partial charge is 0.365 e. The molecule has 0 spiro atoms. The second-order valence-electron chi connectivity index (χ2n) is 3.54. The first-order valence-electron chi connectivity index (χ1n) is 5.23. The molecule has 8 heteroatoms. The number of esters is 1. The van der Waals surface area contributed by atoms with Crippen molar-refractivity contribution in [2.24, 2.45) is 0 Å². The molecular weight excluding hydrogens is 325 g/mol. The number of hydrogen-bond donors (Lipinski definition) is 0. The number of aromatic nitrogens is 1. The summed E-state index contributed by atoms with van der Waals surface area (Å²) in [5, 5.41) is 0.0464. The molecular formula is C12H7Cl2NO4S. The molecule has 0 radical (unpaired) electrons. The van der Waals surface area contributed by atoms with Gasteiger partial charge in [0.2, 0.25) is 0 Å². The average Bonchev–Trinajstić information content (AvgIpc) is 2.79. The fraction of sp³-hybridized carbons (Fsp3) is 0.0833. The van der Waals surface area contributed by atoms with Crippen LogP contribution in [0.2, 0.25) is 9.36 Å². The molecule has 0 amide bonds. The van der Waals surface area contributed by atoms with Gasteiger partial charge in [0.25, 0.3) is 0 Å². The quantitative estimate of drug-likeness (QED) is 0.487. The van der Waals surface area contributed by atoms with Crippen molar-refractivity contribution in [2.75, 3.05) is 7.11 Å². The van der Waals surface area contributed by atoms with Crippen LogP contribution in [-0.2, 0) is 0 Å². The zero-order valence-corrected chi connectivity index (χ0v) is 12.4. The lowest BCUT2D eigenvalue weighted by Crippen LogP contribution is -2.10. The van der Waals surface area contributed by atoms with Gasteiger partial charge in [-0.15, -0.1) is 0 Å². The van der Waals surface area contributed by atoms with Crippen LogP contribution in [0, 0.1) is 0 Å². The van der Waals surface area contributed by atoms with Gasteiger partial charge in [0.05, 0.1) is 7.11 Å². The zero-order valence-electron chi connectivity index (χ0n) is 10.1. The summed E-state index contributed by atoms with van der Waals surface area (Å²) in [4.78, 5) is 22.6. The molecule has 1 heterocycles. The largest absolute Gasteiger partial charge is 0.493 e. The number of aldehydes is 1. The van der Waals surface area contributed by atoms with Crippen molar-refractivity contribution in [1.29, 1.82) is 0 Å². The Morgan fingerprint density at radius 3 is 2.65 bits per heavy atom. The van der Waals surface area contributed by atoms with Crippen LogP contribution in [-0.4, -0.2) is 23.7 Å². The lowest BCUT2D eigenvalue weighted by atomic mass is 10.2. The van der Waals surface area contributed by atoms with Crippen molar-refractivity contribution in [2.45, 2.75) is 0 Å². The number of nitrogens with zero attached hydrogens (tertiary/aromatic N) is 1. The summed E-state index contributed by atoms with van der Waals surface area (Å²) in [5.41, 5.74) is 0.333. The number of carbonyl (C=O) groups excluding carboxylic acids is 2. The number of carbonyl (C=O) groups is 2. The van der Waals surface area contributed by atoms with Crippen molar-refractivity contribution < 1.29 is 19.1 Å². The summed E-state index contributed by atoms with van der Waals surface area (Å²) in [6, 6.07) is 4.39. The van der Waals surface area contributed by atoms with E-state index < -0.39 is 5.97 Å². The van der Waals surface area contributed by atoms with Gasteiger partial charge in [-0.05, 0) is 29.7 Å².